The number of ketones is 1. The number of carbonyl (C=O) groups is 1. The summed E-state index contributed by atoms with van der Waals surface area (Å²) in [5.41, 5.74) is 22.1. The molecule has 1 heterocycles. The summed E-state index contributed by atoms with van der Waals surface area (Å²) >= 11 is 0. The number of rotatable bonds is 2. The summed E-state index contributed by atoms with van der Waals surface area (Å²) in [6.07, 6.45) is 10.5. The summed E-state index contributed by atoms with van der Waals surface area (Å²) in [5.74, 6) is 1.38. The summed E-state index contributed by atoms with van der Waals surface area (Å²) in [7, 11) is 0. The van der Waals surface area contributed by atoms with Crippen molar-refractivity contribution in [3.63, 3.8) is 0 Å². The smallest absolute Gasteiger partial charge is 0.170 e. The normalized spacial score (nSPS) is 47.1. The van der Waals surface area contributed by atoms with Crippen LogP contribution in [0.2, 0.25) is 0 Å². The van der Waals surface area contributed by atoms with Gasteiger partial charge in [0.05, 0.1) is 5.56 Å². The number of hydrogen-bond donors (Lipinski definition) is 3. The van der Waals surface area contributed by atoms with Crippen LogP contribution in [0.4, 0.5) is 0 Å². The minimum atomic E-state index is -0.392. The molecule has 33 heavy (non-hydrogen) atoms. The molecule has 6 N–H and O–H groups in total. The van der Waals surface area contributed by atoms with Gasteiger partial charge < -0.3 is 21.6 Å². The molecule has 4 aliphatic carbocycles. The van der Waals surface area contributed by atoms with Crippen molar-refractivity contribution in [1.82, 2.24) is 0 Å². The van der Waals surface area contributed by atoms with E-state index >= 15 is 0 Å². The quantitative estimate of drug-likeness (QED) is 0.573. The van der Waals surface area contributed by atoms with E-state index in [1.54, 1.807) is 6.26 Å². The highest BCUT2D eigenvalue weighted by molar-refractivity contribution is 6.08. The first-order valence-corrected chi connectivity index (χ1v) is 13.0. The van der Waals surface area contributed by atoms with Crippen LogP contribution in [0.3, 0.4) is 0 Å². The lowest BCUT2D eigenvalue weighted by atomic mass is 9.42. The SMILES string of the molecule is C[C@H]1CC[C@]2(N)C3CC[C@@]4(C)C(CC[C@@H]4C(=O)c4coc5ccccc45)[C@]3(N)CC[C@]2(N)C1. The van der Waals surface area contributed by atoms with Crippen molar-refractivity contribution in [3.8, 4) is 0 Å². The van der Waals surface area contributed by atoms with Gasteiger partial charge in [-0.1, -0.05) is 32.0 Å². The first-order chi connectivity index (χ1) is 15.6. The van der Waals surface area contributed by atoms with Gasteiger partial charge in [-0.25, -0.2) is 0 Å². The molecule has 4 fully saturated rings. The minimum Gasteiger partial charge on any atom is -0.464 e. The van der Waals surface area contributed by atoms with Gasteiger partial charge in [0.2, 0.25) is 0 Å². The Balaban J connectivity index is 1.34. The maximum atomic E-state index is 13.9. The third-order valence-electron chi connectivity index (χ3n) is 11.0. The first-order valence-electron chi connectivity index (χ1n) is 13.0. The van der Waals surface area contributed by atoms with Gasteiger partial charge in [0, 0.05) is 27.9 Å². The summed E-state index contributed by atoms with van der Waals surface area (Å²) < 4.78 is 5.72. The zero-order chi connectivity index (χ0) is 23.2. The van der Waals surface area contributed by atoms with Crippen LogP contribution in [-0.2, 0) is 0 Å². The number of furan rings is 1. The van der Waals surface area contributed by atoms with E-state index in [0.29, 0.717) is 11.8 Å². The highest BCUT2D eigenvalue weighted by atomic mass is 16.3. The van der Waals surface area contributed by atoms with Crippen LogP contribution in [0, 0.1) is 29.1 Å². The third-order valence-corrected chi connectivity index (χ3v) is 11.0. The van der Waals surface area contributed by atoms with Crippen molar-refractivity contribution in [3.05, 3.63) is 36.1 Å². The van der Waals surface area contributed by atoms with E-state index in [1.165, 1.54) is 0 Å². The molecule has 5 heteroatoms. The molecule has 0 amide bonds. The third kappa shape index (κ3) is 2.73. The van der Waals surface area contributed by atoms with E-state index in [1.807, 2.05) is 24.3 Å². The maximum absolute atomic E-state index is 13.9. The highest BCUT2D eigenvalue weighted by Crippen LogP contribution is 2.66. The molecule has 4 saturated carbocycles. The Hall–Kier alpha value is -1.69. The van der Waals surface area contributed by atoms with Gasteiger partial charge in [-0.2, -0.15) is 0 Å². The largest absolute Gasteiger partial charge is 0.464 e. The Labute approximate surface area is 196 Å². The standard InChI is InChI=1S/C28H39N3O2/c1-17-9-12-28(31)23-10-11-25(2)20(24(32)19-16-33-21-6-4-3-5-18(19)21)7-8-22(25)27(23,30)14-13-26(28,29)15-17/h3-6,16-17,20,22-23H,7-15,29-31H2,1-2H3/t17-,20+,22?,23?,25+,26-,27+,28-/m0/s1. The van der Waals surface area contributed by atoms with Gasteiger partial charge in [0.25, 0.3) is 0 Å². The molecular weight excluding hydrogens is 410 g/mol. The molecule has 0 radical (unpaired) electrons. The monoisotopic (exact) mass is 449 g/mol. The van der Waals surface area contributed by atoms with Crippen molar-refractivity contribution >= 4 is 16.8 Å². The molecule has 8 atom stereocenters. The fourth-order valence-corrected chi connectivity index (χ4v) is 9.25. The Morgan fingerprint density at radius 3 is 2.58 bits per heavy atom. The molecule has 0 bridgehead atoms. The predicted molar refractivity (Wildman–Crippen MR) is 131 cm³/mol. The Morgan fingerprint density at radius 1 is 0.970 bits per heavy atom. The molecule has 0 saturated heterocycles. The number of Topliss-reactive ketones (excluding diaryl/α,β-unsaturated/α-hetero) is 1. The van der Waals surface area contributed by atoms with Gasteiger partial charge in [-0.05, 0) is 87.0 Å². The van der Waals surface area contributed by atoms with Crippen molar-refractivity contribution in [2.75, 3.05) is 0 Å². The molecule has 2 aromatic rings. The molecule has 1 aromatic carbocycles. The average molecular weight is 450 g/mol. The van der Waals surface area contributed by atoms with Crippen molar-refractivity contribution in [2.24, 2.45) is 46.3 Å². The Kier molecular flexibility index (Phi) is 4.58. The van der Waals surface area contributed by atoms with Gasteiger partial charge in [0.15, 0.2) is 5.78 Å². The van der Waals surface area contributed by atoms with Crippen LogP contribution in [0.15, 0.2) is 34.9 Å². The number of hydrogen-bond acceptors (Lipinski definition) is 5. The van der Waals surface area contributed by atoms with Crippen molar-refractivity contribution < 1.29 is 9.21 Å². The maximum Gasteiger partial charge on any atom is 0.170 e. The lowest BCUT2D eigenvalue weighted by Gasteiger charge is -2.68. The van der Waals surface area contributed by atoms with Crippen LogP contribution in [-0.4, -0.2) is 22.4 Å². The number of fused-ring (bicyclic) bond motifs is 6. The van der Waals surface area contributed by atoms with Crippen LogP contribution < -0.4 is 17.2 Å². The molecular formula is C28H39N3O2. The lowest BCUT2D eigenvalue weighted by molar-refractivity contribution is -0.104. The molecule has 1 aromatic heterocycles. The van der Waals surface area contributed by atoms with Gasteiger partial charge in [-0.15, -0.1) is 0 Å². The summed E-state index contributed by atoms with van der Waals surface area (Å²) in [6.45, 7) is 4.64. The van der Waals surface area contributed by atoms with Crippen LogP contribution >= 0.6 is 0 Å². The van der Waals surface area contributed by atoms with E-state index in [-0.39, 0.29) is 34.1 Å². The molecule has 2 unspecified atom stereocenters. The molecule has 5 nitrogen and oxygen atoms in total. The summed E-state index contributed by atoms with van der Waals surface area (Å²) in [6, 6.07) is 7.84. The number of carbonyl (C=O) groups excluding carboxylic acids is 1. The average Bonchev–Trinajstić information content (AvgIpc) is 3.36. The van der Waals surface area contributed by atoms with Crippen LogP contribution in [0.25, 0.3) is 11.0 Å². The predicted octanol–water partition coefficient (Wildman–Crippen LogP) is 4.76. The van der Waals surface area contributed by atoms with E-state index in [9.17, 15) is 4.79 Å². The summed E-state index contributed by atoms with van der Waals surface area (Å²) in [4.78, 5) is 13.9. The molecule has 0 spiro atoms. The second-order valence-corrected chi connectivity index (χ2v) is 12.4. The number of nitrogens with two attached hydrogens (primary N) is 3. The summed E-state index contributed by atoms with van der Waals surface area (Å²) in [5, 5.41) is 0.925. The zero-order valence-corrected chi connectivity index (χ0v) is 20.1. The second kappa shape index (κ2) is 6.93. The molecule has 178 valence electrons. The van der Waals surface area contributed by atoms with E-state index < -0.39 is 5.54 Å². The van der Waals surface area contributed by atoms with Gasteiger partial charge in [-0.3, -0.25) is 4.79 Å². The van der Waals surface area contributed by atoms with E-state index in [2.05, 4.69) is 13.8 Å². The minimum absolute atomic E-state index is 0.0189. The van der Waals surface area contributed by atoms with Crippen molar-refractivity contribution in [2.45, 2.75) is 88.3 Å². The number of benzene rings is 1. The highest BCUT2D eigenvalue weighted by Gasteiger charge is 2.69. The second-order valence-electron chi connectivity index (χ2n) is 12.4. The lowest BCUT2D eigenvalue weighted by Crippen LogP contribution is -2.81. The molecule has 0 aliphatic heterocycles. The first kappa shape index (κ1) is 21.8. The fraction of sp³-hybridized carbons (Fsp3) is 0.679. The van der Waals surface area contributed by atoms with Gasteiger partial charge >= 0.3 is 0 Å². The molecule has 4 aliphatic rings. The fourth-order valence-electron chi connectivity index (χ4n) is 9.25. The number of para-hydroxylation sites is 1. The van der Waals surface area contributed by atoms with E-state index in [4.69, 9.17) is 21.6 Å². The van der Waals surface area contributed by atoms with Crippen LogP contribution in [0.1, 0.15) is 82.0 Å². The van der Waals surface area contributed by atoms with Crippen molar-refractivity contribution in [1.29, 1.82) is 0 Å². The van der Waals surface area contributed by atoms with Gasteiger partial charge in [0.1, 0.15) is 11.8 Å². The van der Waals surface area contributed by atoms with Crippen LogP contribution in [0.5, 0.6) is 0 Å². The molecule has 6 rings (SSSR count). The topological polar surface area (TPSA) is 108 Å². The Morgan fingerprint density at radius 2 is 1.76 bits per heavy atom. The Bertz CT molecular complexity index is 1110. The zero-order valence-electron chi connectivity index (χ0n) is 20.1. The van der Waals surface area contributed by atoms with E-state index in [0.717, 1.165) is 74.3 Å².